The molecule has 6 nitrogen and oxygen atoms in total. The minimum Gasteiger partial charge on any atom is -0.497 e. The normalized spacial score (nSPS) is 15.9. The second kappa shape index (κ2) is 6.46. The zero-order chi connectivity index (χ0) is 16.4. The maximum absolute atomic E-state index is 12.5. The summed E-state index contributed by atoms with van der Waals surface area (Å²) in [6.07, 6.45) is 1.42. The third-order valence-electron chi connectivity index (χ3n) is 3.50. The van der Waals surface area contributed by atoms with Crippen molar-refractivity contribution in [3.05, 3.63) is 47.1 Å². The summed E-state index contributed by atoms with van der Waals surface area (Å²) in [7, 11) is -2.03. The van der Waals surface area contributed by atoms with Crippen LogP contribution in [0.15, 0.2) is 52.0 Å². The second-order valence-corrected chi connectivity index (χ2v) is 7.82. The van der Waals surface area contributed by atoms with Crippen LogP contribution in [0.4, 0.5) is 0 Å². The maximum atomic E-state index is 12.5. The Morgan fingerprint density at radius 2 is 2.04 bits per heavy atom. The van der Waals surface area contributed by atoms with Gasteiger partial charge in [0.1, 0.15) is 11.9 Å². The van der Waals surface area contributed by atoms with Gasteiger partial charge in [0.15, 0.2) is 0 Å². The van der Waals surface area contributed by atoms with Crippen LogP contribution in [0.1, 0.15) is 0 Å². The molecule has 3 rings (SSSR count). The number of pyridine rings is 1. The third kappa shape index (κ3) is 3.34. The van der Waals surface area contributed by atoms with E-state index in [1.54, 1.807) is 30.5 Å². The molecular formula is C15H15BrN2O4S. The van der Waals surface area contributed by atoms with Crippen molar-refractivity contribution in [2.24, 2.45) is 0 Å². The predicted molar refractivity (Wildman–Crippen MR) is 88.1 cm³/mol. The van der Waals surface area contributed by atoms with E-state index in [9.17, 15) is 8.42 Å². The lowest BCUT2D eigenvalue weighted by molar-refractivity contribution is 0.0713. The molecule has 122 valence electrons. The third-order valence-corrected chi connectivity index (χ3v) is 5.93. The molecule has 0 amide bonds. The average molecular weight is 399 g/mol. The number of rotatable bonds is 5. The number of aromatic nitrogens is 1. The molecule has 0 radical (unpaired) electrons. The lowest BCUT2D eigenvalue weighted by Crippen LogP contribution is -2.56. The molecule has 0 atom stereocenters. The van der Waals surface area contributed by atoms with Crippen LogP contribution in [0.3, 0.4) is 0 Å². The van der Waals surface area contributed by atoms with Crippen LogP contribution >= 0.6 is 15.9 Å². The van der Waals surface area contributed by atoms with Crippen molar-refractivity contribution < 1.29 is 17.9 Å². The molecule has 2 heterocycles. The maximum Gasteiger partial charge on any atom is 0.243 e. The van der Waals surface area contributed by atoms with Gasteiger partial charge in [-0.15, -0.1) is 0 Å². The predicted octanol–water partition coefficient (Wildman–Crippen LogP) is 2.30. The minimum absolute atomic E-state index is 0.207. The number of ether oxygens (including phenoxy) is 2. The second-order valence-electron chi connectivity index (χ2n) is 5.03. The summed E-state index contributed by atoms with van der Waals surface area (Å²) in [4.78, 5) is 4.33. The molecule has 23 heavy (non-hydrogen) atoms. The van der Waals surface area contributed by atoms with Crippen molar-refractivity contribution in [2.75, 3.05) is 20.2 Å². The molecule has 0 bridgehead atoms. The quantitative estimate of drug-likeness (QED) is 0.772. The number of methoxy groups -OCH3 is 1. The monoisotopic (exact) mass is 398 g/mol. The molecule has 2 aromatic rings. The fourth-order valence-electron chi connectivity index (χ4n) is 2.20. The van der Waals surface area contributed by atoms with E-state index in [1.165, 1.54) is 17.5 Å². The Hall–Kier alpha value is -1.64. The highest BCUT2D eigenvalue weighted by atomic mass is 79.9. The summed E-state index contributed by atoms with van der Waals surface area (Å²) >= 11 is 3.35. The number of hydrogen-bond donors (Lipinski definition) is 0. The summed E-state index contributed by atoms with van der Waals surface area (Å²) < 4.78 is 38.0. The molecule has 0 unspecified atom stereocenters. The van der Waals surface area contributed by atoms with Crippen LogP contribution < -0.4 is 9.47 Å². The summed E-state index contributed by atoms with van der Waals surface area (Å²) in [6, 6.07) is 10.0. The first-order valence-corrected chi connectivity index (χ1v) is 9.15. The Balaban J connectivity index is 1.67. The number of sulfonamides is 1. The molecule has 1 aliphatic rings. The molecule has 0 aliphatic carbocycles. The van der Waals surface area contributed by atoms with Crippen LogP contribution in [-0.2, 0) is 10.0 Å². The largest absolute Gasteiger partial charge is 0.497 e. The van der Waals surface area contributed by atoms with Crippen molar-refractivity contribution in [1.29, 1.82) is 0 Å². The summed E-state index contributed by atoms with van der Waals surface area (Å²) in [6.45, 7) is 0.588. The van der Waals surface area contributed by atoms with Crippen LogP contribution in [-0.4, -0.2) is 44.0 Å². The van der Waals surface area contributed by atoms with E-state index in [-0.39, 0.29) is 11.0 Å². The van der Waals surface area contributed by atoms with Gasteiger partial charge in [0.25, 0.3) is 0 Å². The Bertz CT molecular complexity index is 807. The molecular weight excluding hydrogens is 384 g/mol. The van der Waals surface area contributed by atoms with Gasteiger partial charge in [-0.1, -0.05) is 6.07 Å². The van der Waals surface area contributed by atoms with Gasteiger partial charge in [0.05, 0.1) is 29.6 Å². The molecule has 1 aromatic carbocycles. The Morgan fingerprint density at radius 3 is 2.74 bits per heavy atom. The average Bonchev–Trinajstić information content (AvgIpc) is 2.52. The highest BCUT2D eigenvalue weighted by molar-refractivity contribution is 9.10. The van der Waals surface area contributed by atoms with Crippen molar-refractivity contribution in [3.8, 4) is 11.6 Å². The van der Waals surface area contributed by atoms with Crippen molar-refractivity contribution >= 4 is 26.0 Å². The van der Waals surface area contributed by atoms with Crippen LogP contribution in [0.25, 0.3) is 0 Å². The number of hydrogen-bond acceptors (Lipinski definition) is 5. The highest BCUT2D eigenvalue weighted by Crippen LogP contribution is 2.28. The molecule has 8 heteroatoms. The summed E-state index contributed by atoms with van der Waals surface area (Å²) in [5, 5.41) is 0. The number of benzene rings is 1. The van der Waals surface area contributed by atoms with Gasteiger partial charge in [-0.25, -0.2) is 13.4 Å². The van der Waals surface area contributed by atoms with Gasteiger partial charge in [-0.3, -0.25) is 0 Å². The van der Waals surface area contributed by atoms with Crippen LogP contribution in [0, 0.1) is 0 Å². The summed E-state index contributed by atoms with van der Waals surface area (Å²) in [5.41, 5.74) is 0. The molecule has 1 aliphatic heterocycles. The fraction of sp³-hybridized carbons (Fsp3) is 0.267. The van der Waals surface area contributed by atoms with Crippen LogP contribution in [0.5, 0.6) is 11.6 Å². The van der Waals surface area contributed by atoms with Crippen molar-refractivity contribution in [2.45, 2.75) is 11.0 Å². The molecule has 1 saturated heterocycles. The SMILES string of the molecule is COc1cccc(S(=O)(=O)N2CC(Oc3ncccc3Br)C2)c1. The van der Waals surface area contributed by atoms with E-state index in [1.807, 2.05) is 6.07 Å². The lowest BCUT2D eigenvalue weighted by Gasteiger charge is -2.37. The Labute approximate surface area is 143 Å². The van der Waals surface area contributed by atoms with Crippen molar-refractivity contribution in [3.63, 3.8) is 0 Å². The topological polar surface area (TPSA) is 68.7 Å². The van der Waals surface area contributed by atoms with E-state index >= 15 is 0 Å². The van der Waals surface area contributed by atoms with E-state index in [0.717, 1.165) is 4.47 Å². The first-order valence-electron chi connectivity index (χ1n) is 6.92. The molecule has 1 aromatic heterocycles. The number of halogens is 1. The smallest absolute Gasteiger partial charge is 0.243 e. The van der Waals surface area contributed by atoms with Gasteiger partial charge in [-0.05, 0) is 40.2 Å². The van der Waals surface area contributed by atoms with E-state index in [0.29, 0.717) is 24.7 Å². The first-order chi connectivity index (χ1) is 11.0. The Kier molecular flexibility index (Phi) is 4.56. The minimum atomic E-state index is -3.53. The lowest BCUT2D eigenvalue weighted by atomic mass is 10.2. The molecule has 0 N–H and O–H groups in total. The van der Waals surface area contributed by atoms with Gasteiger partial charge in [0.2, 0.25) is 15.9 Å². The zero-order valence-electron chi connectivity index (χ0n) is 12.3. The fourth-order valence-corrected chi connectivity index (χ4v) is 4.09. The Morgan fingerprint density at radius 1 is 1.26 bits per heavy atom. The van der Waals surface area contributed by atoms with Gasteiger partial charge >= 0.3 is 0 Å². The van der Waals surface area contributed by atoms with Crippen molar-refractivity contribution in [1.82, 2.24) is 9.29 Å². The van der Waals surface area contributed by atoms with E-state index < -0.39 is 10.0 Å². The first kappa shape index (κ1) is 16.2. The van der Waals surface area contributed by atoms with Gasteiger partial charge in [0, 0.05) is 12.3 Å². The highest BCUT2D eigenvalue weighted by Gasteiger charge is 2.38. The standard InChI is InChI=1S/C15H15BrN2O4S/c1-21-11-4-2-5-13(8-11)23(19,20)18-9-12(10-18)22-15-14(16)6-3-7-17-15/h2-8,12H,9-10H2,1H3. The number of nitrogens with zero attached hydrogens (tertiary/aromatic N) is 2. The van der Waals surface area contributed by atoms with Gasteiger partial charge < -0.3 is 9.47 Å². The molecule has 0 spiro atoms. The van der Waals surface area contributed by atoms with E-state index in [2.05, 4.69) is 20.9 Å². The summed E-state index contributed by atoms with van der Waals surface area (Å²) in [5.74, 6) is 0.979. The zero-order valence-corrected chi connectivity index (χ0v) is 14.7. The molecule has 1 fully saturated rings. The van der Waals surface area contributed by atoms with Crippen LogP contribution in [0.2, 0.25) is 0 Å². The van der Waals surface area contributed by atoms with E-state index in [4.69, 9.17) is 9.47 Å². The molecule has 0 saturated carbocycles. The van der Waals surface area contributed by atoms with Gasteiger partial charge in [-0.2, -0.15) is 4.31 Å².